The molecule has 0 aliphatic rings. The second-order valence-corrected chi connectivity index (χ2v) is 5.94. The third kappa shape index (κ3) is 2.61. The van der Waals surface area contributed by atoms with Gasteiger partial charge in [0.1, 0.15) is 11.5 Å². The molecule has 3 rings (SSSR count). The molecule has 1 N–H and O–H groups in total. The summed E-state index contributed by atoms with van der Waals surface area (Å²) in [6.45, 7) is 1.94. The first-order valence-corrected chi connectivity index (χ1v) is 7.44. The van der Waals surface area contributed by atoms with Gasteiger partial charge in [0.05, 0.1) is 12.3 Å². The van der Waals surface area contributed by atoms with Gasteiger partial charge < -0.3 is 14.3 Å². The summed E-state index contributed by atoms with van der Waals surface area (Å²) in [5, 5.41) is 1.01. The van der Waals surface area contributed by atoms with E-state index in [4.69, 9.17) is 4.42 Å². The Kier molecular flexibility index (Phi) is 3.59. The van der Waals surface area contributed by atoms with Crippen LogP contribution in [0.3, 0.4) is 0 Å². The summed E-state index contributed by atoms with van der Waals surface area (Å²) in [4.78, 5) is 17.4. The maximum atomic E-state index is 12.6. The molecule has 1 unspecified atom stereocenters. The zero-order valence-electron chi connectivity index (χ0n) is 11.8. The predicted molar refractivity (Wildman–Crippen MR) is 85.2 cm³/mol. The summed E-state index contributed by atoms with van der Waals surface area (Å²) >= 11 is 3.44. The van der Waals surface area contributed by atoms with Gasteiger partial charge in [-0.05, 0) is 43.3 Å². The van der Waals surface area contributed by atoms with Gasteiger partial charge in [0.25, 0.3) is 5.91 Å². The molecule has 1 atom stereocenters. The maximum Gasteiger partial charge on any atom is 0.270 e. The van der Waals surface area contributed by atoms with E-state index in [0.29, 0.717) is 5.69 Å². The number of nitrogens with one attached hydrogen (secondary N) is 1. The number of H-pyrrole nitrogens is 1. The van der Waals surface area contributed by atoms with E-state index < -0.39 is 0 Å². The number of carbonyl (C=O) groups is 1. The predicted octanol–water partition coefficient (Wildman–Crippen LogP) is 4.36. The Balaban J connectivity index is 1.89. The fraction of sp³-hybridized carbons (Fsp3) is 0.188. The number of nitrogens with zero attached hydrogens (tertiary/aromatic N) is 1. The van der Waals surface area contributed by atoms with Crippen molar-refractivity contribution in [1.29, 1.82) is 0 Å². The molecule has 0 aliphatic carbocycles. The molecule has 3 aromatic rings. The molecule has 2 heterocycles. The molecule has 0 spiro atoms. The highest BCUT2D eigenvalue weighted by atomic mass is 79.9. The Labute approximate surface area is 130 Å². The van der Waals surface area contributed by atoms with Crippen molar-refractivity contribution in [2.24, 2.45) is 0 Å². The van der Waals surface area contributed by atoms with Crippen molar-refractivity contribution in [1.82, 2.24) is 9.88 Å². The van der Waals surface area contributed by atoms with E-state index >= 15 is 0 Å². The molecular formula is C16H15BrN2O2. The molecule has 5 heteroatoms. The Morgan fingerprint density at radius 3 is 2.86 bits per heavy atom. The smallest absolute Gasteiger partial charge is 0.270 e. The molecule has 0 saturated carbocycles. The lowest BCUT2D eigenvalue weighted by molar-refractivity contribution is 0.0721. The van der Waals surface area contributed by atoms with Crippen LogP contribution in [-0.4, -0.2) is 22.8 Å². The summed E-state index contributed by atoms with van der Waals surface area (Å²) < 4.78 is 6.36. The van der Waals surface area contributed by atoms with Crippen molar-refractivity contribution < 1.29 is 9.21 Å². The standard InChI is InChI=1S/C16H15BrN2O2/c1-10(15-4-3-7-21-15)19(2)16(20)14-9-11-8-12(17)5-6-13(11)18-14/h3-10,18H,1-2H3. The Bertz CT molecular complexity index is 777. The van der Waals surface area contributed by atoms with Crippen molar-refractivity contribution in [3.05, 3.63) is 58.6 Å². The molecule has 0 bridgehead atoms. The van der Waals surface area contributed by atoms with E-state index in [9.17, 15) is 4.79 Å². The molecule has 1 amide bonds. The van der Waals surface area contributed by atoms with Gasteiger partial charge >= 0.3 is 0 Å². The second-order valence-electron chi connectivity index (χ2n) is 5.02. The van der Waals surface area contributed by atoms with Gasteiger partial charge in [0.2, 0.25) is 0 Å². The van der Waals surface area contributed by atoms with Gasteiger partial charge in [0, 0.05) is 22.4 Å². The minimum atomic E-state index is -0.120. The van der Waals surface area contributed by atoms with Crippen LogP contribution in [0, 0.1) is 0 Å². The minimum Gasteiger partial charge on any atom is -0.467 e. The average Bonchev–Trinajstić information content (AvgIpc) is 3.13. The summed E-state index contributed by atoms with van der Waals surface area (Å²) in [5.74, 6) is 0.705. The Hall–Kier alpha value is -2.01. The van der Waals surface area contributed by atoms with Crippen LogP contribution < -0.4 is 0 Å². The lowest BCUT2D eigenvalue weighted by Gasteiger charge is -2.22. The number of benzene rings is 1. The number of hydrogen-bond donors (Lipinski definition) is 1. The van der Waals surface area contributed by atoms with Gasteiger partial charge in [-0.1, -0.05) is 15.9 Å². The van der Waals surface area contributed by atoms with Crippen LogP contribution in [0.2, 0.25) is 0 Å². The molecule has 2 aromatic heterocycles. The molecule has 0 fully saturated rings. The number of furan rings is 1. The van der Waals surface area contributed by atoms with Crippen molar-refractivity contribution in [3.63, 3.8) is 0 Å². The van der Waals surface area contributed by atoms with Crippen LogP contribution in [0.1, 0.15) is 29.2 Å². The number of aromatic amines is 1. The van der Waals surface area contributed by atoms with Gasteiger partial charge in [0.15, 0.2) is 0 Å². The Morgan fingerprint density at radius 2 is 2.14 bits per heavy atom. The van der Waals surface area contributed by atoms with Crippen LogP contribution >= 0.6 is 15.9 Å². The van der Waals surface area contributed by atoms with Gasteiger partial charge in [-0.25, -0.2) is 0 Å². The average molecular weight is 347 g/mol. The van der Waals surface area contributed by atoms with Crippen LogP contribution in [0.15, 0.2) is 51.6 Å². The highest BCUT2D eigenvalue weighted by Crippen LogP contribution is 2.24. The lowest BCUT2D eigenvalue weighted by Crippen LogP contribution is -2.29. The van der Waals surface area contributed by atoms with Crippen LogP contribution in [0.5, 0.6) is 0 Å². The number of hydrogen-bond acceptors (Lipinski definition) is 2. The highest BCUT2D eigenvalue weighted by molar-refractivity contribution is 9.10. The minimum absolute atomic E-state index is 0.0637. The first-order valence-electron chi connectivity index (χ1n) is 6.65. The highest BCUT2D eigenvalue weighted by Gasteiger charge is 2.22. The van der Waals surface area contributed by atoms with E-state index in [1.165, 1.54) is 0 Å². The molecule has 0 saturated heterocycles. The van der Waals surface area contributed by atoms with E-state index in [1.807, 2.05) is 43.3 Å². The third-order valence-electron chi connectivity index (χ3n) is 3.67. The number of carbonyl (C=O) groups excluding carboxylic acids is 1. The van der Waals surface area contributed by atoms with E-state index in [0.717, 1.165) is 21.1 Å². The number of fused-ring (bicyclic) bond motifs is 1. The van der Waals surface area contributed by atoms with Gasteiger partial charge in [-0.3, -0.25) is 4.79 Å². The quantitative estimate of drug-likeness (QED) is 0.765. The molecule has 0 radical (unpaired) electrons. The molecule has 0 aliphatic heterocycles. The second kappa shape index (κ2) is 5.41. The molecule has 108 valence electrons. The fourth-order valence-corrected chi connectivity index (χ4v) is 2.68. The number of rotatable bonds is 3. The normalized spacial score (nSPS) is 12.5. The van der Waals surface area contributed by atoms with Gasteiger partial charge in [-0.2, -0.15) is 0 Å². The SMILES string of the molecule is CC(c1ccco1)N(C)C(=O)c1cc2cc(Br)ccc2[nH]1. The van der Waals surface area contributed by atoms with Crippen molar-refractivity contribution in [2.75, 3.05) is 7.05 Å². The largest absolute Gasteiger partial charge is 0.467 e. The van der Waals surface area contributed by atoms with Crippen molar-refractivity contribution in [2.45, 2.75) is 13.0 Å². The van der Waals surface area contributed by atoms with E-state index in [1.54, 1.807) is 18.2 Å². The molecule has 4 nitrogen and oxygen atoms in total. The lowest BCUT2D eigenvalue weighted by atomic mass is 10.2. The zero-order chi connectivity index (χ0) is 15.0. The zero-order valence-corrected chi connectivity index (χ0v) is 13.3. The first kappa shape index (κ1) is 13.9. The van der Waals surface area contributed by atoms with Crippen molar-refractivity contribution in [3.8, 4) is 0 Å². The third-order valence-corrected chi connectivity index (χ3v) is 4.16. The Morgan fingerprint density at radius 1 is 1.33 bits per heavy atom. The summed E-state index contributed by atoms with van der Waals surface area (Å²) in [7, 11) is 1.77. The number of aromatic nitrogens is 1. The van der Waals surface area contributed by atoms with Crippen LogP contribution in [0.4, 0.5) is 0 Å². The number of amides is 1. The summed E-state index contributed by atoms with van der Waals surface area (Å²) in [6, 6.07) is 11.3. The van der Waals surface area contributed by atoms with Crippen LogP contribution in [-0.2, 0) is 0 Å². The topological polar surface area (TPSA) is 49.2 Å². The fourth-order valence-electron chi connectivity index (χ4n) is 2.30. The molecule has 1 aromatic carbocycles. The summed E-state index contributed by atoms with van der Waals surface area (Å²) in [5.41, 5.74) is 1.52. The molecule has 21 heavy (non-hydrogen) atoms. The van der Waals surface area contributed by atoms with Crippen molar-refractivity contribution >= 4 is 32.7 Å². The number of halogens is 1. The monoisotopic (exact) mass is 346 g/mol. The first-order chi connectivity index (χ1) is 10.1. The van der Waals surface area contributed by atoms with Crippen LogP contribution in [0.25, 0.3) is 10.9 Å². The maximum absolute atomic E-state index is 12.6. The van der Waals surface area contributed by atoms with E-state index in [-0.39, 0.29) is 11.9 Å². The van der Waals surface area contributed by atoms with Gasteiger partial charge in [-0.15, -0.1) is 0 Å². The van der Waals surface area contributed by atoms with E-state index in [2.05, 4.69) is 20.9 Å². The molecular weight excluding hydrogens is 332 g/mol. The summed E-state index contributed by atoms with van der Waals surface area (Å²) in [6.07, 6.45) is 1.62.